The van der Waals surface area contributed by atoms with Gasteiger partial charge in [-0.25, -0.2) is 4.79 Å². The molecular formula is C20H24Cl2F3N3O2S. The maximum Gasteiger partial charge on any atom is 0.446 e. The van der Waals surface area contributed by atoms with Gasteiger partial charge in [0.25, 0.3) is 0 Å². The van der Waals surface area contributed by atoms with Crippen LogP contribution in [0.15, 0.2) is 53.4 Å². The van der Waals surface area contributed by atoms with Gasteiger partial charge < -0.3 is 15.4 Å². The summed E-state index contributed by atoms with van der Waals surface area (Å²) >= 11 is -0.102. The fourth-order valence-electron chi connectivity index (χ4n) is 3.14. The summed E-state index contributed by atoms with van der Waals surface area (Å²) in [5.74, 6) is -0.444. The Balaban J connectivity index is 0.00000240. The monoisotopic (exact) mass is 497 g/mol. The lowest BCUT2D eigenvalue weighted by atomic mass is 10.2. The number of esters is 1. The summed E-state index contributed by atoms with van der Waals surface area (Å²) in [4.78, 5) is 16.5. The largest absolute Gasteiger partial charge is 0.461 e. The molecule has 2 N–H and O–H groups in total. The molecule has 1 saturated heterocycles. The van der Waals surface area contributed by atoms with E-state index in [2.05, 4.69) is 9.80 Å². The lowest BCUT2D eigenvalue weighted by Crippen LogP contribution is -2.47. The van der Waals surface area contributed by atoms with E-state index in [0.29, 0.717) is 30.9 Å². The minimum Gasteiger partial charge on any atom is -0.461 e. The number of nitrogen functional groups attached to an aromatic ring is 1. The lowest BCUT2D eigenvalue weighted by molar-refractivity contribution is -0.0328. The van der Waals surface area contributed by atoms with Crippen LogP contribution in [0.2, 0.25) is 0 Å². The predicted octanol–water partition coefficient (Wildman–Crippen LogP) is 4.70. The molecular weight excluding hydrogens is 474 g/mol. The van der Waals surface area contributed by atoms with E-state index >= 15 is 0 Å². The summed E-state index contributed by atoms with van der Waals surface area (Å²) in [6, 6.07) is 13.3. The molecule has 1 aliphatic heterocycles. The second-order valence-electron chi connectivity index (χ2n) is 6.60. The molecule has 0 aliphatic carbocycles. The average Bonchev–Trinajstić information content (AvgIpc) is 2.68. The van der Waals surface area contributed by atoms with Gasteiger partial charge in [0.05, 0.1) is 5.56 Å². The molecule has 0 unspecified atom stereocenters. The third-order valence-corrected chi connectivity index (χ3v) is 5.33. The molecule has 0 bridgehead atoms. The molecule has 3 rings (SSSR count). The quantitative estimate of drug-likeness (QED) is 0.354. The number of anilines is 2. The number of carbonyl (C=O) groups is 1. The highest BCUT2D eigenvalue weighted by Gasteiger charge is 2.29. The van der Waals surface area contributed by atoms with Crippen LogP contribution in [0.25, 0.3) is 0 Å². The Labute approximate surface area is 195 Å². The van der Waals surface area contributed by atoms with Gasteiger partial charge in [-0.2, -0.15) is 13.2 Å². The van der Waals surface area contributed by atoms with Crippen molar-refractivity contribution in [2.75, 3.05) is 50.0 Å². The maximum atomic E-state index is 12.6. The van der Waals surface area contributed by atoms with Gasteiger partial charge in [-0.05, 0) is 42.1 Å². The summed E-state index contributed by atoms with van der Waals surface area (Å²) in [6.45, 7) is 3.71. The van der Waals surface area contributed by atoms with Gasteiger partial charge in [0.15, 0.2) is 0 Å². The summed E-state index contributed by atoms with van der Waals surface area (Å²) < 4.78 is 43.0. The van der Waals surface area contributed by atoms with Gasteiger partial charge >= 0.3 is 11.5 Å². The first-order valence-electron chi connectivity index (χ1n) is 9.16. The van der Waals surface area contributed by atoms with E-state index in [1.807, 2.05) is 6.07 Å². The molecule has 0 atom stereocenters. The summed E-state index contributed by atoms with van der Waals surface area (Å²) in [5.41, 5.74) is 3.00. The maximum absolute atomic E-state index is 12.6. The number of ether oxygens (including phenoxy) is 1. The van der Waals surface area contributed by atoms with E-state index in [0.717, 1.165) is 18.8 Å². The molecule has 0 radical (unpaired) electrons. The second-order valence-corrected chi connectivity index (χ2v) is 7.74. The summed E-state index contributed by atoms with van der Waals surface area (Å²) in [6.07, 6.45) is 0. The van der Waals surface area contributed by atoms with Crippen molar-refractivity contribution in [3.63, 3.8) is 0 Å². The predicted molar refractivity (Wildman–Crippen MR) is 123 cm³/mol. The number of carbonyl (C=O) groups excluding carboxylic acids is 1. The topological polar surface area (TPSA) is 58.8 Å². The third kappa shape index (κ3) is 8.33. The number of hydrogen-bond donors (Lipinski definition) is 1. The standard InChI is InChI=1S/C20H22F3N3O2S.2ClH/c21-20(22,23)29-16-5-3-4-15(14-16)26-10-8-25(9-11-26)12-13-28-19(27)17-6-1-2-7-18(17)24;;/h1-7,14H,8-13,24H2;2*1H. The first-order chi connectivity index (χ1) is 13.8. The van der Waals surface area contributed by atoms with Crippen molar-refractivity contribution < 1.29 is 22.7 Å². The molecule has 2 aromatic carbocycles. The molecule has 1 aliphatic rings. The Morgan fingerprint density at radius 2 is 1.71 bits per heavy atom. The zero-order chi connectivity index (χ0) is 20.9. The third-order valence-electron chi connectivity index (χ3n) is 4.61. The minimum absolute atomic E-state index is 0. The van der Waals surface area contributed by atoms with Crippen LogP contribution in [0.4, 0.5) is 24.5 Å². The number of benzene rings is 2. The number of alkyl halides is 3. The summed E-state index contributed by atoms with van der Waals surface area (Å²) in [5, 5.41) is 0. The molecule has 5 nitrogen and oxygen atoms in total. The number of piperazine rings is 1. The molecule has 0 aromatic heterocycles. The Bertz CT molecular complexity index is 850. The normalized spacial score (nSPS) is 14.4. The zero-order valence-corrected chi connectivity index (χ0v) is 19.0. The summed E-state index contributed by atoms with van der Waals surface area (Å²) in [7, 11) is 0. The van der Waals surface area contributed by atoms with Crippen molar-refractivity contribution in [1.29, 1.82) is 0 Å². The molecule has 1 heterocycles. The van der Waals surface area contributed by atoms with Crippen molar-refractivity contribution in [1.82, 2.24) is 4.90 Å². The molecule has 2 aromatic rings. The molecule has 11 heteroatoms. The van der Waals surface area contributed by atoms with Gasteiger partial charge in [0.1, 0.15) is 6.61 Å². The van der Waals surface area contributed by atoms with Crippen molar-refractivity contribution in [3.05, 3.63) is 54.1 Å². The smallest absolute Gasteiger partial charge is 0.446 e. The van der Waals surface area contributed by atoms with Crippen molar-refractivity contribution >= 4 is 53.9 Å². The van der Waals surface area contributed by atoms with Crippen molar-refractivity contribution in [2.24, 2.45) is 0 Å². The Morgan fingerprint density at radius 1 is 1.03 bits per heavy atom. The van der Waals surface area contributed by atoms with E-state index in [1.54, 1.807) is 36.4 Å². The number of rotatable bonds is 6. The Kier molecular flexibility index (Phi) is 10.8. The van der Waals surface area contributed by atoms with E-state index in [4.69, 9.17) is 10.5 Å². The molecule has 31 heavy (non-hydrogen) atoms. The van der Waals surface area contributed by atoms with Crippen molar-refractivity contribution in [2.45, 2.75) is 10.4 Å². The molecule has 1 fully saturated rings. The van der Waals surface area contributed by atoms with Gasteiger partial charge in [0, 0.05) is 49.0 Å². The Hall–Kier alpha value is -1.81. The lowest BCUT2D eigenvalue weighted by Gasteiger charge is -2.36. The first-order valence-corrected chi connectivity index (χ1v) is 9.98. The van der Waals surface area contributed by atoms with Gasteiger partial charge in [-0.1, -0.05) is 18.2 Å². The van der Waals surface area contributed by atoms with E-state index in [1.165, 1.54) is 6.07 Å². The van der Waals surface area contributed by atoms with Crippen LogP contribution in [0, 0.1) is 0 Å². The van der Waals surface area contributed by atoms with Crippen LogP contribution in [-0.2, 0) is 4.74 Å². The first kappa shape index (κ1) is 27.2. The number of nitrogens with zero attached hydrogens (tertiary/aromatic N) is 2. The average molecular weight is 498 g/mol. The van der Waals surface area contributed by atoms with Crippen LogP contribution >= 0.6 is 36.6 Å². The molecule has 0 amide bonds. The zero-order valence-electron chi connectivity index (χ0n) is 16.5. The van der Waals surface area contributed by atoms with E-state index < -0.39 is 11.5 Å². The van der Waals surface area contributed by atoms with E-state index in [-0.39, 0.29) is 48.1 Å². The number of nitrogens with two attached hydrogens (primary N) is 1. The van der Waals surface area contributed by atoms with Crippen molar-refractivity contribution in [3.8, 4) is 0 Å². The SMILES string of the molecule is Cl.Cl.Nc1ccccc1C(=O)OCCN1CCN(c2cccc(SC(F)(F)F)c2)CC1. The highest BCUT2D eigenvalue weighted by Crippen LogP contribution is 2.38. The van der Waals surface area contributed by atoms with Crippen LogP contribution in [0.5, 0.6) is 0 Å². The fourth-order valence-corrected chi connectivity index (χ4v) is 3.73. The second kappa shape index (κ2) is 12.3. The minimum atomic E-state index is -4.29. The highest BCUT2D eigenvalue weighted by atomic mass is 35.5. The highest BCUT2D eigenvalue weighted by molar-refractivity contribution is 8.00. The number of para-hydroxylation sites is 1. The number of hydrogen-bond acceptors (Lipinski definition) is 6. The van der Waals surface area contributed by atoms with Crippen LogP contribution in [0.3, 0.4) is 0 Å². The number of halogens is 5. The van der Waals surface area contributed by atoms with E-state index in [9.17, 15) is 18.0 Å². The van der Waals surface area contributed by atoms with Gasteiger partial charge in [0.2, 0.25) is 0 Å². The Morgan fingerprint density at radius 3 is 2.35 bits per heavy atom. The molecule has 0 saturated carbocycles. The van der Waals surface area contributed by atoms with Gasteiger partial charge in [-0.15, -0.1) is 24.8 Å². The van der Waals surface area contributed by atoms with Gasteiger partial charge in [-0.3, -0.25) is 4.90 Å². The molecule has 172 valence electrons. The fraction of sp³-hybridized carbons (Fsp3) is 0.350. The number of thioether (sulfide) groups is 1. The van der Waals surface area contributed by atoms with Crippen LogP contribution < -0.4 is 10.6 Å². The molecule has 0 spiro atoms. The van der Waals surface area contributed by atoms with Crippen LogP contribution in [-0.4, -0.2) is 55.7 Å². The van der Waals surface area contributed by atoms with Crippen LogP contribution in [0.1, 0.15) is 10.4 Å².